The number of ether oxygens (including phenoxy) is 1. The molecule has 0 radical (unpaired) electrons. The molecule has 0 bridgehead atoms. The van der Waals surface area contributed by atoms with E-state index in [-0.39, 0.29) is 5.82 Å². The lowest BCUT2D eigenvalue weighted by Gasteiger charge is -2.04. The van der Waals surface area contributed by atoms with Gasteiger partial charge in [-0.25, -0.2) is 14.4 Å². The Bertz CT molecular complexity index is 697. The molecular formula is C15H14FN3O. The molecule has 0 aliphatic heterocycles. The average Bonchev–Trinajstić information content (AvgIpc) is 2.86. The molecule has 0 saturated heterocycles. The molecule has 0 aliphatic carbocycles. The second-order valence-electron chi connectivity index (χ2n) is 4.47. The SMILES string of the molecule is Fc1cnc2nc(CCCOc3ccccc3)[nH]c2c1. The minimum absolute atomic E-state index is 0.361. The number of aromatic nitrogens is 3. The number of benzene rings is 1. The fourth-order valence-corrected chi connectivity index (χ4v) is 1.99. The van der Waals surface area contributed by atoms with E-state index in [9.17, 15) is 4.39 Å². The fraction of sp³-hybridized carbons (Fsp3) is 0.200. The number of rotatable bonds is 5. The number of imidazole rings is 1. The predicted molar refractivity (Wildman–Crippen MR) is 74.1 cm³/mol. The third-order valence-corrected chi connectivity index (χ3v) is 2.92. The van der Waals surface area contributed by atoms with Crippen molar-refractivity contribution in [3.05, 3.63) is 54.2 Å². The number of hydrogen-bond acceptors (Lipinski definition) is 3. The van der Waals surface area contributed by atoms with Gasteiger partial charge in [-0.1, -0.05) is 18.2 Å². The van der Waals surface area contributed by atoms with Crippen molar-refractivity contribution in [3.8, 4) is 5.75 Å². The Kier molecular flexibility index (Phi) is 3.58. The first-order valence-electron chi connectivity index (χ1n) is 6.49. The summed E-state index contributed by atoms with van der Waals surface area (Å²) < 4.78 is 18.6. The van der Waals surface area contributed by atoms with Gasteiger partial charge in [-0.05, 0) is 18.6 Å². The van der Waals surface area contributed by atoms with Crippen molar-refractivity contribution >= 4 is 11.2 Å². The molecule has 3 aromatic rings. The summed E-state index contributed by atoms with van der Waals surface area (Å²) in [6.07, 6.45) is 2.74. The van der Waals surface area contributed by atoms with E-state index >= 15 is 0 Å². The molecule has 2 heterocycles. The number of nitrogens with one attached hydrogen (secondary N) is 1. The summed E-state index contributed by atoms with van der Waals surface area (Å²) in [6, 6.07) is 11.1. The van der Waals surface area contributed by atoms with Gasteiger partial charge < -0.3 is 9.72 Å². The summed E-state index contributed by atoms with van der Waals surface area (Å²) in [5.41, 5.74) is 1.18. The first-order chi connectivity index (χ1) is 9.81. The number of aromatic amines is 1. The second kappa shape index (κ2) is 5.69. The highest BCUT2D eigenvalue weighted by Crippen LogP contribution is 2.12. The number of H-pyrrole nitrogens is 1. The van der Waals surface area contributed by atoms with Crippen molar-refractivity contribution in [2.75, 3.05) is 6.61 Å². The van der Waals surface area contributed by atoms with Gasteiger partial charge in [-0.15, -0.1) is 0 Å². The van der Waals surface area contributed by atoms with Gasteiger partial charge in [0.15, 0.2) is 5.65 Å². The zero-order valence-corrected chi connectivity index (χ0v) is 10.8. The molecule has 1 aromatic carbocycles. The molecule has 0 aliphatic rings. The van der Waals surface area contributed by atoms with Crippen molar-refractivity contribution in [3.63, 3.8) is 0 Å². The highest BCUT2D eigenvalue weighted by atomic mass is 19.1. The topological polar surface area (TPSA) is 50.8 Å². The van der Waals surface area contributed by atoms with Crippen LogP contribution in [0.4, 0.5) is 4.39 Å². The third kappa shape index (κ3) is 2.93. The van der Waals surface area contributed by atoms with Crippen molar-refractivity contribution < 1.29 is 9.13 Å². The second-order valence-corrected chi connectivity index (χ2v) is 4.47. The molecule has 0 fully saturated rings. The molecule has 0 saturated carbocycles. The number of hydrogen-bond donors (Lipinski definition) is 1. The Labute approximate surface area is 115 Å². The Morgan fingerprint density at radius 3 is 2.90 bits per heavy atom. The van der Waals surface area contributed by atoms with Crippen LogP contribution in [0.1, 0.15) is 12.2 Å². The smallest absolute Gasteiger partial charge is 0.177 e. The fourth-order valence-electron chi connectivity index (χ4n) is 1.99. The molecule has 1 N–H and O–H groups in total. The van der Waals surface area contributed by atoms with Crippen molar-refractivity contribution in [1.82, 2.24) is 15.0 Å². The van der Waals surface area contributed by atoms with E-state index in [1.54, 1.807) is 0 Å². The van der Waals surface area contributed by atoms with Gasteiger partial charge in [-0.2, -0.15) is 0 Å². The van der Waals surface area contributed by atoms with Gasteiger partial charge in [-0.3, -0.25) is 0 Å². The molecule has 0 amide bonds. The van der Waals surface area contributed by atoms with Crippen LogP contribution in [0.25, 0.3) is 11.2 Å². The minimum Gasteiger partial charge on any atom is -0.494 e. The van der Waals surface area contributed by atoms with Crippen molar-refractivity contribution in [1.29, 1.82) is 0 Å². The van der Waals surface area contributed by atoms with Gasteiger partial charge in [0.1, 0.15) is 17.4 Å². The lowest BCUT2D eigenvalue weighted by atomic mass is 10.3. The van der Waals surface area contributed by atoms with Crippen LogP contribution >= 0.6 is 0 Å². The van der Waals surface area contributed by atoms with Crippen molar-refractivity contribution in [2.45, 2.75) is 12.8 Å². The van der Waals surface area contributed by atoms with E-state index in [1.807, 2.05) is 30.3 Å². The quantitative estimate of drug-likeness (QED) is 0.725. The molecule has 5 heteroatoms. The van der Waals surface area contributed by atoms with Crippen LogP contribution in [0, 0.1) is 5.82 Å². The van der Waals surface area contributed by atoms with E-state index in [1.165, 1.54) is 12.3 Å². The Morgan fingerprint density at radius 2 is 2.05 bits per heavy atom. The molecule has 0 atom stereocenters. The maximum absolute atomic E-state index is 13.0. The molecule has 0 unspecified atom stereocenters. The standard InChI is InChI=1S/C15H14FN3O/c16-11-9-13-15(17-10-11)19-14(18-13)7-4-8-20-12-5-2-1-3-6-12/h1-3,5-6,9-10H,4,7-8H2,(H,17,18,19). The van der Waals surface area contributed by atoms with E-state index in [2.05, 4.69) is 15.0 Å². The van der Waals surface area contributed by atoms with E-state index < -0.39 is 0 Å². The number of pyridine rings is 1. The largest absolute Gasteiger partial charge is 0.494 e. The lowest BCUT2D eigenvalue weighted by molar-refractivity contribution is 0.310. The number of halogens is 1. The molecule has 3 rings (SSSR count). The Balaban J connectivity index is 1.55. The summed E-state index contributed by atoms with van der Waals surface area (Å²) in [5, 5.41) is 0. The van der Waals surface area contributed by atoms with E-state index in [0.29, 0.717) is 17.8 Å². The minimum atomic E-state index is -0.361. The molecule has 0 spiro atoms. The molecule has 102 valence electrons. The van der Waals surface area contributed by atoms with Gasteiger partial charge in [0.05, 0.1) is 18.3 Å². The Morgan fingerprint density at radius 1 is 1.20 bits per heavy atom. The Hall–Kier alpha value is -2.43. The number of para-hydroxylation sites is 1. The van der Waals surface area contributed by atoms with Crippen LogP contribution in [-0.4, -0.2) is 21.6 Å². The molecule has 20 heavy (non-hydrogen) atoms. The maximum atomic E-state index is 13.0. The van der Waals surface area contributed by atoms with E-state index in [0.717, 1.165) is 24.4 Å². The lowest BCUT2D eigenvalue weighted by Crippen LogP contribution is -2.00. The van der Waals surface area contributed by atoms with Gasteiger partial charge in [0, 0.05) is 12.5 Å². The molecule has 4 nitrogen and oxygen atoms in total. The van der Waals surface area contributed by atoms with Crippen LogP contribution < -0.4 is 4.74 Å². The van der Waals surface area contributed by atoms with Gasteiger partial charge in [0.2, 0.25) is 0 Å². The average molecular weight is 271 g/mol. The maximum Gasteiger partial charge on any atom is 0.177 e. The number of aryl methyl sites for hydroxylation is 1. The van der Waals surface area contributed by atoms with Crippen LogP contribution in [0.15, 0.2) is 42.6 Å². The van der Waals surface area contributed by atoms with Crippen LogP contribution in [0.5, 0.6) is 5.75 Å². The monoisotopic (exact) mass is 271 g/mol. The third-order valence-electron chi connectivity index (χ3n) is 2.92. The summed E-state index contributed by atoms with van der Waals surface area (Å²) >= 11 is 0. The predicted octanol–water partition coefficient (Wildman–Crippen LogP) is 3.11. The normalized spacial score (nSPS) is 10.8. The first kappa shape index (κ1) is 12.6. The molecular weight excluding hydrogens is 257 g/mol. The first-order valence-corrected chi connectivity index (χ1v) is 6.49. The summed E-state index contributed by atoms with van der Waals surface area (Å²) in [4.78, 5) is 11.3. The highest BCUT2D eigenvalue weighted by Gasteiger charge is 2.05. The zero-order chi connectivity index (χ0) is 13.8. The summed E-state index contributed by atoms with van der Waals surface area (Å²) in [5.74, 6) is 1.30. The van der Waals surface area contributed by atoms with E-state index in [4.69, 9.17) is 4.74 Å². The molecule has 2 aromatic heterocycles. The highest BCUT2D eigenvalue weighted by molar-refractivity contribution is 5.70. The summed E-state index contributed by atoms with van der Waals surface area (Å²) in [7, 11) is 0. The number of fused-ring (bicyclic) bond motifs is 1. The van der Waals surface area contributed by atoms with Crippen molar-refractivity contribution in [2.24, 2.45) is 0 Å². The van der Waals surface area contributed by atoms with Crippen LogP contribution in [-0.2, 0) is 6.42 Å². The van der Waals surface area contributed by atoms with Crippen LogP contribution in [0.3, 0.4) is 0 Å². The number of nitrogens with zero attached hydrogens (tertiary/aromatic N) is 2. The summed E-state index contributed by atoms with van der Waals surface area (Å²) in [6.45, 7) is 0.614. The van der Waals surface area contributed by atoms with Crippen LogP contribution in [0.2, 0.25) is 0 Å². The zero-order valence-electron chi connectivity index (χ0n) is 10.8. The van der Waals surface area contributed by atoms with Gasteiger partial charge >= 0.3 is 0 Å². The van der Waals surface area contributed by atoms with Gasteiger partial charge in [0.25, 0.3) is 0 Å².